The molecule has 1 saturated heterocycles. The third-order valence-corrected chi connectivity index (χ3v) is 7.07. The zero-order valence-corrected chi connectivity index (χ0v) is 22.0. The molecule has 2 fully saturated rings. The smallest absolute Gasteiger partial charge is 0.305 e. The topological polar surface area (TPSA) is 88.1 Å². The molecule has 7 heteroatoms. The van der Waals surface area contributed by atoms with E-state index in [9.17, 15) is 14.4 Å². The zero-order chi connectivity index (χ0) is 25.5. The van der Waals surface area contributed by atoms with Crippen LogP contribution in [-0.4, -0.2) is 49.9 Å². The Hall–Kier alpha value is -1.73. The molecular weight excluding hydrogens is 448 g/mol. The molecular formula is C28H46O7. The Kier molecular flexibility index (Phi) is 14.2. The monoisotopic (exact) mass is 494 g/mol. The molecule has 2 rings (SSSR count). The summed E-state index contributed by atoms with van der Waals surface area (Å²) in [7, 11) is 1.41. The van der Waals surface area contributed by atoms with Crippen LogP contribution >= 0.6 is 0 Å². The lowest BCUT2D eigenvalue weighted by molar-refractivity contribution is -0.193. The van der Waals surface area contributed by atoms with Gasteiger partial charge in [-0.1, -0.05) is 45.1 Å². The fourth-order valence-corrected chi connectivity index (χ4v) is 5.19. The number of ether oxygens (including phenoxy) is 4. The zero-order valence-electron chi connectivity index (χ0n) is 22.0. The second-order valence-corrected chi connectivity index (χ2v) is 9.91. The average Bonchev–Trinajstić information content (AvgIpc) is 3.15. The van der Waals surface area contributed by atoms with Gasteiger partial charge < -0.3 is 18.9 Å². The number of hydrogen-bond donors (Lipinski definition) is 0. The summed E-state index contributed by atoms with van der Waals surface area (Å²) in [6.07, 6.45) is 15.4. The molecule has 1 aliphatic heterocycles. The first-order valence-electron chi connectivity index (χ1n) is 13.7. The number of carbonyl (C=O) groups is 3. The minimum Gasteiger partial charge on any atom is -0.469 e. The lowest BCUT2D eigenvalue weighted by Crippen LogP contribution is -2.30. The molecule has 0 aromatic heterocycles. The van der Waals surface area contributed by atoms with Crippen LogP contribution in [0.4, 0.5) is 0 Å². The summed E-state index contributed by atoms with van der Waals surface area (Å²) in [6.45, 7) is 4.28. The molecule has 5 atom stereocenters. The van der Waals surface area contributed by atoms with E-state index in [1.165, 1.54) is 14.0 Å². The molecule has 1 saturated carbocycles. The Balaban J connectivity index is 2.04. The van der Waals surface area contributed by atoms with Crippen LogP contribution < -0.4 is 0 Å². The Morgan fingerprint density at radius 1 is 0.971 bits per heavy atom. The van der Waals surface area contributed by atoms with E-state index < -0.39 is 0 Å². The van der Waals surface area contributed by atoms with Gasteiger partial charge in [-0.25, -0.2) is 0 Å². The van der Waals surface area contributed by atoms with E-state index in [0.717, 1.165) is 70.6 Å². The van der Waals surface area contributed by atoms with E-state index in [1.807, 2.05) is 6.08 Å². The highest BCUT2D eigenvalue weighted by Crippen LogP contribution is 2.41. The molecule has 0 radical (unpaired) electrons. The van der Waals surface area contributed by atoms with E-state index >= 15 is 0 Å². The average molecular weight is 495 g/mol. The van der Waals surface area contributed by atoms with Crippen molar-refractivity contribution in [1.29, 1.82) is 0 Å². The predicted molar refractivity (Wildman–Crippen MR) is 134 cm³/mol. The molecule has 1 aliphatic carbocycles. The largest absolute Gasteiger partial charge is 0.469 e. The van der Waals surface area contributed by atoms with Gasteiger partial charge in [0.15, 0.2) is 12.1 Å². The van der Waals surface area contributed by atoms with Crippen molar-refractivity contribution in [2.75, 3.05) is 13.7 Å². The van der Waals surface area contributed by atoms with Crippen LogP contribution in [0.25, 0.3) is 0 Å². The molecule has 7 nitrogen and oxygen atoms in total. The summed E-state index contributed by atoms with van der Waals surface area (Å²) < 4.78 is 22.7. The molecule has 2 unspecified atom stereocenters. The van der Waals surface area contributed by atoms with Gasteiger partial charge in [0.25, 0.3) is 0 Å². The Bertz CT molecular complexity index is 668. The van der Waals surface area contributed by atoms with Crippen molar-refractivity contribution in [2.45, 2.75) is 122 Å². The highest BCUT2D eigenvalue weighted by Gasteiger charge is 2.45. The minimum absolute atomic E-state index is 0.00456. The van der Waals surface area contributed by atoms with Crippen molar-refractivity contribution in [2.24, 2.45) is 11.8 Å². The molecule has 0 spiro atoms. The molecule has 0 bridgehead atoms. The molecule has 35 heavy (non-hydrogen) atoms. The first-order valence-corrected chi connectivity index (χ1v) is 13.7. The molecule has 2 aliphatic rings. The van der Waals surface area contributed by atoms with Crippen molar-refractivity contribution in [3.8, 4) is 0 Å². The van der Waals surface area contributed by atoms with Crippen LogP contribution in [0, 0.1) is 11.8 Å². The number of hydrogen-bond acceptors (Lipinski definition) is 7. The van der Waals surface area contributed by atoms with Gasteiger partial charge in [-0.15, -0.1) is 0 Å². The maximum atomic E-state index is 12.5. The van der Waals surface area contributed by atoms with E-state index in [0.29, 0.717) is 25.9 Å². The lowest BCUT2D eigenvalue weighted by atomic mass is 9.87. The van der Waals surface area contributed by atoms with Crippen LogP contribution in [0.3, 0.4) is 0 Å². The Labute approximate surface area is 211 Å². The van der Waals surface area contributed by atoms with E-state index in [2.05, 4.69) is 6.92 Å². The van der Waals surface area contributed by atoms with Crippen molar-refractivity contribution in [1.82, 2.24) is 0 Å². The fraction of sp³-hybridized carbons (Fsp3) is 0.821. The number of methoxy groups -OCH3 is 1. The quantitative estimate of drug-likeness (QED) is 0.155. The molecule has 0 amide bonds. The van der Waals surface area contributed by atoms with Gasteiger partial charge >= 0.3 is 11.9 Å². The van der Waals surface area contributed by atoms with E-state index in [-0.39, 0.29) is 48.1 Å². The van der Waals surface area contributed by atoms with E-state index in [1.54, 1.807) is 6.08 Å². The predicted octanol–water partition coefficient (Wildman–Crippen LogP) is 5.69. The Morgan fingerprint density at radius 3 is 2.43 bits per heavy atom. The number of unbranched alkanes of at least 4 members (excludes halogenated alkanes) is 5. The SMILES string of the molecule is CCCCCC(=O)/C=C/[C@@H]1C(CCCCCCC(=O)OC)[C@@H](OC(C)=O)C[C@H]1OC1CCCCO1. The van der Waals surface area contributed by atoms with Crippen LogP contribution in [0.1, 0.15) is 104 Å². The number of esters is 2. The maximum Gasteiger partial charge on any atom is 0.305 e. The minimum atomic E-state index is -0.286. The van der Waals surface area contributed by atoms with Crippen molar-refractivity contribution in [3.63, 3.8) is 0 Å². The first kappa shape index (κ1) is 29.5. The van der Waals surface area contributed by atoms with Crippen LogP contribution in [-0.2, 0) is 33.3 Å². The van der Waals surface area contributed by atoms with Gasteiger partial charge in [0.1, 0.15) is 6.10 Å². The number of allylic oxidation sites excluding steroid dienone is 1. The molecule has 200 valence electrons. The number of carbonyl (C=O) groups excluding carboxylic acids is 3. The fourth-order valence-electron chi connectivity index (χ4n) is 5.19. The van der Waals surface area contributed by atoms with Gasteiger partial charge in [0.2, 0.25) is 0 Å². The summed E-state index contributed by atoms with van der Waals surface area (Å²) in [5, 5.41) is 0. The molecule has 0 aromatic carbocycles. The van der Waals surface area contributed by atoms with E-state index in [4.69, 9.17) is 18.9 Å². The Morgan fingerprint density at radius 2 is 1.74 bits per heavy atom. The second-order valence-electron chi connectivity index (χ2n) is 9.91. The molecule has 1 heterocycles. The second kappa shape index (κ2) is 16.9. The third-order valence-electron chi connectivity index (χ3n) is 7.07. The molecule has 0 aromatic rings. The summed E-state index contributed by atoms with van der Waals surface area (Å²) in [4.78, 5) is 35.7. The summed E-state index contributed by atoms with van der Waals surface area (Å²) in [6, 6.07) is 0. The van der Waals surface area contributed by atoms with Gasteiger partial charge in [-0.05, 0) is 44.6 Å². The summed E-state index contributed by atoms with van der Waals surface area (Å²) >= 11 is 0. The standard InChI is InChI=1S/C28H46O7/c1-4-5-8-13-22(30)17-18-24-23(14-9-6-7-10-15-27(31)32-3)25(34-21(2)29)20-26(24)35-28-16-11-12-19-33-28/h17-18,23-26,28H,4-16,19-20H2,1-3H3/b18-17+/t23?,24-,25+,26-,28?/m1/s1. The van der Waals surface area contributed by atoms with Gasteiger partial charge in [0, 0.05) is 44.6 Å². The van der Waals surface area contributed by atoms with Crippen molar-refractivity contribution >= 4 is 17.7 Å². The number of ketones is 1. The number of rotatable bonds is 16. The summed E-state index contributed by atoms with van der Waals surface area (Å²) in [5.41, 5.74) is 0. The van der Waals surface area contributed by atoms with Crippen LogP contribution in [0.5, 0.6) is 0 Å². The third kappa shape index (κ3) is 11.2. The highest BCUT2D eigenvalue weighted by atomic mass is 16.7. The van der Waals surface area contributed by atoms with Crippen molar-refractivity contribution in [3.05, 3.63) is 12.2 Å². The molecule has 0 N–H and O–H groups in total. The van der Waals surface area contributed by atoms with Crippen LogP contribution in [0.2, 0.25) is 0 Å². The van der Waals surface area contributed by atoms with Crippen molar-refractivity contribution < 1.29 is 33.3 Å². The normalized spacial score (nSPS) is 26.7. The maximum absolute atomic E-state index is 12.5. The van der Waals surface area contributed by atoms with Gasteiger partial charge in [-0.2, -0.15) is 0 Å². The first-order chi connectivity index (χ1) is 16.9. The summed E-state index contributed by atoms with van der Waals surface area (Å²) in [5.74, 6) is -0.230. The van der Waals surface area contributed by atoms with Crippen LogP contribution in [0.15, 0.2) is 12.2 Å². The van der Waals surface area contributed by atoms with Gasteiger partial charge in [-0.3, -0.25) is 14.4 Å². The highest BCUT2D eigenvalue weighted by molar-refractivity contribution is 5.89. The lowest BCUT2D eigenvalue weighted by Gasteiger charge is -2.29. The van der Waals surface area contributed by atoms with Gasteiger partial charge in [0.05, 0.1) is 13.2 Å².